The highest BCUT2D eigenvalue weighted by Gasteiger charge is 2.29. The van der Waals surface area contributed by atoms with Gasteiger partial charge in [0.2, 0.25) is 5.91 Å². The largest absolute Gasteiger partial charge is 0.480 e. The molecular weight excluding hydrogens is 408 g/mol. The van der Waals surface area contributed by atoms with E-state index >= 15 is 0 Å². The van der Waals surface area contributed by atoms with E-state index in [0.717, 1.165) is 5.56 Å². The van der Waals surface area contributed by atoms with E-state index in [-0.39, 0.29) is 18.9 Å². The summed E-state index contributed by atoms with van der Waals surface area (Å²) in [5, 5.41) is 14.9. The number of aliphatic carboxylic acids is 1. The second kappa shape index (κ2) is 11.2. The monoisotopic (exact) mass is 432 g/mol. The smallest absolute Gasteiger partial charge is 0.408 e. The van der Waals surface area contributed by atoms with Crippen LogP contribution in [0, 0.1) is 5.92 Å². The zero-order valence-corrected chi connectivity index (χ0v) is 17.6. The first kappa shape index (κ1) is 23.2. The first-order valence-corrected chi connectivity index (χ1v) is 9.89. The summed E-state index contributed by atoms with van der Waals surface area (Å²) in [6.07, 6.45) is -0.741. The molecule has 2 aromatic carbocycles. The van der Waals surface area contributed by atoms with Crippen molar-refractivity contribution in [2.45, 2.75) is 39.0 Å². The molecule has 8 heteroatoms. The first-order chi connectivity index (χ1) is 14.3. The van der Waals surface area contributed by atoms with E-state index < -0.39 is 30.1 Å². The molecule has 2 amide bonds. The Morgan fingerprint density at radius 3 is 2.23 bits per heavy atom. The number of alkyl carbamates (subject to hydrolysis) is 1. The molecule has 0 aliphatic rings. The molecule has 0 unspecified atom stereocenters. The maximum atomic E-state index is 12.7. The minimum absolute atomic E-state index is 0.0179. The molecule has 160 valence electrons. The van der Waals surface area contributed by atoms with Crippen LogP contribution in [0.2, 0.25) is 5.02 Å². The summed E-state index contributed by atoms with van der Waals surface area (Å²) < 4.78 is 5.16. The Morgan fingerprint density at radius 2 is 1.63 bits per heavy atom. The van der Waals surface area contributed by atoms with Crippen LogP contribution in [0.25, 0.3) is 0 Å². The van der Waals surface area contributed by atoms with Crippen LogP contribution in [0.15, 0.2) is 54.6 Å². The fourth-order valence-corrected chi connectivity index (χ4v) is 2.99. The van der Waals surface area contributed by atoms with Crippen LogP contribution in [-0.4, -0.2) is 35.2 Å². The molecule has 7 nitrogen and oxygen atoms in total. The van der Waals surface area contributed by atoms with Crippen molar-refractivity contribution >= 4 is 29.6 Å². The summed E-state index contributed by atoms with van der Waals surface area (Å²) in [6.45, 7) is 3.54. The molecule has 0 aromatic heterocycles. The zero-order chi connectivity index (χ0) is 22.1. The van der Waals surface area contributed by atoms with Gasteiger partial charge < -0.3 is 20.5 Å². The molecule has 3 N–H and O–H groups in total. The number of halogens is 1. The van der Waals surface area contributed by atoms with Crippen molar-refractivity contribution in [3.63, 3.8) is 0 Å². The highest BCUT2D eigenvalue weighted by molar-refractivity contribution is 6.31. The summed E-state index contributed by atoms with van der Waals surface area (Å²) in [5.74, 6) is -2.09. The van der Waals surface area contributed by atoms with Gasteiger partial charge in [0.1, 0.15) is 18.7 Å². The third-order valence-corrected chi connectivity index (χ3v) is 4.80. The molecule has 0 radical (unpaired) electrons. The van der Waals surface area contributed by atoms with E-state index in [1.807, 2.05) is 30.3 Å². The van der Waals surface area contributed by atoms with Crippen LogP contribution in [0.3, 0.4) is 0 Å². The van der Waals surface area contributed by atoms with Gasteiger partial charge in [0.05, 0.1) is 0 Å². The number of carbonyl (C=O) groups excluding carboxylic acids is 2. The van der Waals surface area contributed by atoms with Crippen LogP contribution in [0.1, 0.15) is 25.0 Å². The molecule has 0 saturated carbocycles. The SMILES string of the molecule is CC(C)[C@H](NC(=O)OCc1ccccc1)C(=O)N[C@@H](Cc1ccccc1Cl)C(=O)O. The van der Waals surface area contributed by atoms with Crippen LogP contribution in [0.5, 0.6) is 0 Å². The van der Waals surface area contributed by atoms with Crippen LogP contribution < -0.4 is 10.6 Å². The van der Waals surface area contributed by atoms with Crippen LogP contribution in [-0.2, 0) is 27.4 Å². The van der Waals surface area contributed by atoms with Crippen LogP contribution in [0.4, 0.5) is 4.79 Å². The van der Waals surface area contributed by atoms with Gasteiger partial charge in [-0.15, -0.1) is 0 Å². The number of hydrogen-bond donors (Lipinski definition) is 3. The van der Waals surface area contributed by atoms with Gasteiger partial charge in [-0.1, -0.05) is 74.0 Å². The van der Waals surface area contributed by atoms with Gasteiger partial charge in [0, 0.05) is 11.4 Å². The number of nitrogens with one attached hydrogen (secondary N) is 2. The Labute approximate surface area is 180 Å². The molecule has 0 aliphatic heterocycles. The van der Waals surface area contributed by atoms with Crippen molar-refractivity contribution in [1.29, 1.82) is 0 Å². The number of carboxylic acids is 1. The van der Waals surface area contributed by atoms with E-state index in [0.29, 0.717) is 10.6 Å². The van der Waals surface area contributed by atoms with Gasteiger partial charge in [-0.25, -0.2) is 9.59 Å². The number of carbonyl (C=O) groups is 3. The maximum Gasteiger partial charge on any atom is 0.408 e. The molecule has 2 atom stereocenters. The van der Waals surface area contributed by atoms with Gasteiger partial charge in [0.15, 0.2) is 0 Å². The zero-order valence-electron chi connectivity index (χ0n) is 16.8. The predicted octanol–water partition coefficient (Wildman–Crippen LogP) is 3.40. The normalized spacial score (nSPS) is 12.7. The Kier molecular flexibility index (Phi) is 8.68. The minimum atomic E-state index is -1.20. The van der Waals surface area contributed by atoms with Gasteiger partial charge in [-0.2, -0.15) is 0 Å². The lowest BCUT2D eigenvalue weighted by Gasteiger charge is -2.24. The van der Waals surface area contributed by atoms with E-state index in [9.17, 15) is 19.5 Å². The lowest BCUT2D eigenvalue weighted by atomic mass is 10.0. The summed E-state index contributed by atoms with van der Waals surface area (Å²) >= 11 is 6.10. The number of ether oxygens (including phenoxy) is 1. The minimum Gasteiger partial charge on any atom is -0.480 e. The number of amides is 2. The predicted molar refractivity (Wildman–Crippen MR) is 113 cm³/mol. The second-order valence-corrected chi connectivity index (χ2v) is 7.53. The number of carboxylic acid groups (broad SMARTS) is 1. The van der Waals surface area contributed by atoms with Gasteiger partial charge in [0.25, 0.3) is 0 Å². The van der Waals surface area contributed by atoms with E-state index in [1.165, 1.54) is 0 Å². The Bertz CT molecular complexity index is 873. The standard InChI is InChI=1S/C22H25ClN2O5/c1-14(2)19(25-22(29)30-13-15-8-4-3-5-9-15)20(26)24-18(21(27)28)12-16-10-6-7-11-17(16)23/h3-11,14,18-19H,12-13H2,1-2H3,(H,24,26)(H,25,29)(H,27,28)/t18-,19-/m0/s1. The summed E-state index contributed by atoms with van der Waals surface area (Å²) in [4.78, 5) is 36.5. The summed E-state index contributed by atoms with van der Waals surface area (Å²) in [7, 11) is 0. The lowest BCUT2D eigenvalue weighted by Crippen LogP contribution is -2.54. The Morgan fingerprint density at radius 1 is 1.00 bits per heavy atom. The molecule has 30 heavy (non-hydrogen) atoms. The van der Waals surface area contributed by atoms with Crippen LogP contribution >= 0.6 is 11.6 Å². The molecule has 0 aliphatic carbocycles. The first-order valence-electron chi connectivity index (χ1n) is 9.51. The molecular formula is C22H25ClN2O5. The number of rotatable bonds is 9. The fraction of sp³-hybridized carbons (Fsp3) is 0.318. The van der Waals surface area contributed by atoms with Crippen molar-refractivity contribution in [3.8, 4) is 0 Å². The van der Waals surface area contributed by atoms with E-state index in [2.05, 4.69) is 10.6 Å². The average molecular weight is 433 g/mol. The molecule has 0 heterocycles. The lowest BCUT2D eigenvalue weighted by molar-refractivity contribution is -0.142. The summed E-state index contributed by atoms with van der Waals surface area (Å²) in [6, 6.07) is 13.8. The Hall–Kier alpha value is -3.06. The van der Waals surface area contributed by atoms with Gasteiger partial charge in [-0.05, 0) is 23.1 Å². The number of hydrogen-bond acceptors (Lipinski definition) is 4. The highest BCUT2D eigenvalue weighted by atomic mass is 35.5. The molecule has 0 bridgehead atoms. The highest BCUT2D eigenvalue weighted by Crippen LogP contribution is 2.17. The summed E-state index contributed by atoms with van der Waals surface area (Å²) in [5.41, 5.74) is 1.41. The molecule has 0 spiro atoms. The quantitative estimate of drug-likeness (QED) is 0.563. The van der Waals surface area contributed by atoms with Gasteiger partial charge >= 0.3 is 12.1 Å². The van der Waals surface area contributed by atoms with E-state index in [4.69, 9.17) is 16.3 Å². The van der Waals surface area contributed by atoms with E-state index in [1.54, 1.807) is 38.1 Å². The fourth-order valence-electron chi connectivity index (χ4n) is 2.77. The molecule has 0 fully saturated rings. The average Bonchev–Trinajstić information content (AvgIpc) is 2.71. The van der Waals surface area contributed by atoms with Crippen molar-refractivity contribution in [3.05, 3.63) is 70.7 Å². The van der Waals surface area contributed by atoms with Crippen molar-refractivity contribution in [1.82, 2.24) is 10.6 Å². The molecule has 0 saturated heterocycles. The third-order valence-electron chi connectivity index (χ3n) is 4.43. The van der Waals surface area contributed by atoms with Crippen molar-refractivity contribution in [2.24, 2.45) is 5.92 Å². The Balaban J connectivity index is 1.99. The number of benzene rings is 2. The van der Waals surface area contributed by atoms with Gasteiger partial charge in [-0.3, -0.25) is 4.79 Å². The second-order valence-electron chi connectivity index (χ2n) is 7.12. The maximum absolute atomic E-state index is 12.7. The molecule has 2 aromatic rings. The topological polar surface area (TPSA) is 105 Å². The van der Waals surface area contributed by atoms with Crippen molar-refractivity contribution in [2.75, 3.05) is 0 Å². The van der Waals surface area contributed by atoms with Crippen molar-refractivity contribution < 1.29 is 24.2 Å². The third kappa shape index (κ3) is 7.08. The molecule has 2 rings (SSSR count).